The highest BCUT2D eigenvalue weighted by atomic mass is 127. The zero-order valence-corrected chi connectivity index (χ0v) is 7.99. The normalized spacial score (nSPS) is 11.2. The molecule has 0 aliphatic carbocycles. The molecule has 2 heteroatoms. The number of benzene rings is 1. The van der Waals surface area contributed by atoms with E-state index in [9.17, 15) is 4.79 Å². The van der Waals surface area contributed by atoms with Crippen LogP contribution in [0.3, 0.4) is 0 Å². The van der Waals surface area contributed by atoms with Crippen molar-refractivity contribution in [2.75, 3.05) is 0 Å². The van der Waals surface area contributed by atoms with Crippen molar-refractivity contribution in [1.29, 1.82) is 0 Å². The highest BCUT2D eigenvalue weighted by Crippen LogP contribution is 2.19. The Hall–Kier alpha value is -0.640. The van der Waals surface area contributed by atoms with E-state index in [1.165, 1.54) is 0 Å². The van der Waals surface area contributed by atoms with Crippen molar-refractivity contribution in [2.45, 2.75) is 0 Å². The summed E-state index contributed by atoms with van der Waals surface area (Å²) in [4.78, 5) is 10.1. The Morgan fingerprint density at radius 2 is 1.91 bits per heavy atom. The fourth-order valence-electron chi connectivity index (χ4n) is 0.753. The fraction of sp³-hybridized carbons (Fsp3) is 0. The first-order chi connectivity index (χ1) is 5.34. The third-order valence-corrected chi connectivity index (χ3v) is 2.25. The third-order valence-electron chi connectivity index (χ3n) is 1.26. The molecule has 0 amide bonds. The number of hydrogen-bond acceptors (Lipinski definition) is 1. The highest BCUT2D eigenvalue weighted by molar-refractivity contribution is 14.1. The molecular weight excluding hydrogens is 251 g/mol. The second kappa shape index (κ2) is 4.28. The molecule has 0 N–H and O–H groups in total. The zero-order valence-electron chi connectivity index (χ0n) is 5.83. The van der Waals surface area contributed by atoms with Gasteiger partial charge in [-0.15, -0.1) is 0 Å². The van der Waals surface area contributed by atoms with Gasteiger partial charge in [-0.05, 0) is 34.2 Å². The Bertz CT molecular complexity index is 264. The van der Waals surface area contributed by atoms with Crippen LogP contribution in [0.1, 0.15) is 5.56 Å². The SMILES string of the molecule is O=CC=C(I)c1ccccc1. The van der Waals surface area contributed by atoms with Gasteiger partial charge < -0.3 is 0 Å². The van der Waals surface area contributed by atoms with Gasteiger partial charge in [-0.3, -0.25) is 4.79 Å². The van der Waals surface area contributed by atoms with E-state index in [4.69, 9.17) is 0 Å². The Labute approximate surface area is 79.3 Å². The first-order valence-corrected chi connectivity index (χ1v) is 4.29. The highest BCUT2D eigenvalue weighted by Gasteiger charge is 1.92. The molecule has 0 aliphatic heterocycles. The van der Waals surface area contributed by atoms with Gasteiger partial charge in [-0.2, -0.15) is 0 Å². The quantitative estimate of drug-likeness (QED) is 0.452. The van der Waals surface area contributed by atoms with Crippen LogP contribution in [-0.4, -0.2) is 6.29 Å². The summed E-state index contributed by atoms with van der Waals surface area (Å²) in [6, 6.07) is 9.80. The van der Waals surface area contributed by atoms with Gasteiger partial charge in [-0.1, -0.05) is 30.3 Å². The maximum absolute atomic E-state index is 10.1. The van der Waals surface area contributed by atoms with E-state index in [1.807, 2.05) is 30.3 Å². The maximum Gasteiger partial charge on any atom is 0.143 e. The van der Waals surface area contributed by atoms with Crippen LogP contribution >= 0.6 is 22.6 Å². The molecule has 0 bridgehead atoms. The third kappa shape index (κ3) is 2.46. The molecule has 0 fully saturated rings. The van der Waals surface area contributed by atoms with Crippen LogP contribution in [0.5, 0.6) is 0 Å². The number of halogens is 1. The predicted molar refractivity (Wildman–Crippen MR) is 54.5 cm³/mol. The molecule has 0 heterocycles. The average molecular weight is 258 g/mol. The molecule has 0 saturated carbocycles. The number of allylic oxidation sites excluding steroid dienone is 1. The number of hydrogen-bond donors (Lipinski definition) is 0. The van der Waals surface area contributed by atoms with Crippen molar-refractivity contribution in [3.63, 3.8) is 0 Å². The summed E-state index contributed by atoms with van der Waals surface area (Å²) in [6.45, 7) is 0. The smallest absolute Gasteiger partial charge is 0.143 e. The molecule has 0 spiro atoms. The van der Waals surface area contributed by atoms with Crippen LogP contribution in [0.2, 0.25) is 0 Å². The Kier molecular flexibility index (Phi) is 3.29. The van der Waals surface area contributed by atoms with Crippen LogP contribution in [0.25, 0.3) is 3.58 Å². The first-order valence-electron chi connectivity index (χ1n) is 3.21. The molecule has 0 aromatic heterocycles. The molecular formula is C9H7IO. The molecule has 0 unspecified atom stereocenters. The predicted octanol–water partition coefficient (Wildman–Crippen LogP) is 2.66. The van der Waals surface area contributed by atoms with Gasteiger partial charge in [0.05, 0.1) is 0 Å². The molecule has 1 nitrogen and oxygen atoms in total. The lowest BCUT2D eigenvalue weighted by Crippen LogP contribution is -1.74. The number of rotatable bonds is 2. The minimum atomic E-state index is 0.800. The summed E-state index contributed by atoms with van der Waals surface area (Å²) in [5, 5.41) is 0. The zero-order chi connectivity index (χ0) is 8.10. The van der Waals surface area contributed by atoms with Gasteiger partial charge in [0.15, 0.2) is 0 Å². The van der Waals surface area contributed by atoms with E-state index in [-0.39, 0.29) is 0 Å². The molecule has 11 heavy (non-hydrogen) atoms. The van der Waals surface area contributed by atoms with Crippen molar-refractivity contribution >= 4 is 32.5 Å². The molecule has 0 atom stereocenters. The average Bonchev–Trinajstić information content (AvgIpc) is 2.07. The van der Waals surface area contributed by atoms with Crippen molar-refractivity contribution in [3.8, 4) is 0 Å². The molecule has 56 valence electrons. The van der Waals surface area contributed by atoms with Crippen molar-refractivity contribution < 1.29 is 4.79 Å². The van der Waals surface area contributed by atoms with Gasteiger partial charge in [0.1, 0.15) is 6.29 Å². The second-order valence-electron chi connectivity index (χ2n) is 2.02. The minimum Gasteiger partial charge on any atom is -0.299 e. The van der Waals surface area contributed by atoms with Gasteiger partial charge in [0.2, 0.25) is 0 Å². The monoisotopic (exact) mass is 258 g/mol. The molecule has 1 rings (SSSR count). The van der Waals surface area contributed by atoms with E-state index in [2.05, 4.69) is 22.6 Å². The van der Waals surface area contributed by atoms with E-state index in [1.54, 1.807) is 6.08 Å². The van der Waals surface area contributed by atoms with Crippen molar-refractivity contribution in [3.05, 3.63) is 42.0 Å². The van der Waals surface area contributed by atoms with Gasteiger partial charge in [0, 0.05) is 3.58 Å². The maximum atomic E-state index is 10.1. The topological polar surface area (TPSA) is 17.1 Å². The second-order valence-corrected chi connectivity index (χ2v) is 3.18. The van der Waals surface area contributed by atoms with E-state index >= 15 is 0 Å². The van der Waals surface area contributed by atoms with Crippen molar-refractivity contribution in [1.82, 2.24) is 0 Å². The lowest BCUT2D eigenvalue weighted by molar-refractivity contribution is -0.104. The van der Waals surface area contributed by atoms with E-state index in [0.29, 0.717) is 0 Å². The van der Waals surface area contributed by atoms with Crippen LogP contribution < -0.4 is 0 Å². The fourth-order valence-corrected chi connectivity index (χ4v) is 1.26. The molecule has 1 aromatic carbocycles. The van der Waals surface area contributed by atoms with Gasteiger partial charge in [-0.25, -0.2) is 0 Å². The van der Waals surface area contributed by atoms with E-state index in [0.717, 1.165) is 15.4 Å². The number of carbonyl (C=O) groups is 1. The summed E-state index contributed by atoms with van der Waals surface area (Å²) in [5.74, 6) is 0. The largest absolute Gasteiger partial charge is 0.299 e. The summed E-state index contributed by atoms with van der Waals surface area (Å²) < 4.78 is 0.971. The number of aldehydes is 1. The lowest BCUT2D eigenvalue weighted by Gasteiger charge is -1.94. The van der Waals surface area contributed by atoms with Crippen LogP contribution in [-0.2, 0) is 4.79 Å². The number of carbonyl (C=O) groups excluding carboxylic acids is 1. The van der Waals surface area contributed by atoms with E-state index < -0.39 is 0 Å². The lowest BCUT2D eigenvalue weighted by atomic mass is 10.2. The molecule has 0 radical (unpaired) electrons. The minimum absolute atomic E-state index is 0.800. The van der Waals surface area contributed by atoms with Gasteiger partial charge in [0.25, 0.3) is 0 Å². The van der Waals surface area contributed by atoms with Gasteiger partial charge >= 0.3 is 0 Å². The summed E-state index contributed by atoms with van der Waals surface area (Å²) in [7, 11) is 0. The molecule has 0 saturated heterocycles. The first kappa shape index (κ1) is 8.46. The van der Waals surface area contributed by atoms with Crippen molar-refractivity contribution in [2.24, 2.45) is 0 Å². The Balaban J connectivity index is 2.94. The summed E-state index contributed by atoms with van der Waals surface area (Å²) in [6.07, 6.45) is 2.35. The van der Waals surface area contributed by atoms with Crippen LogP contribution in [0, 0.1) is 0 Å². The summed E-state index contributed by atoms with van der Waals surface area (Å²) >= 11 is 2.14. The van der Waals surface area contributed by atoms with Crippen LogP contribution in [0.15, 0.2) is 36.4 Å². The van der Waals surface area contributed by atoms with Crippen LogP contribution in [0.4, 0.5) is 0 Å². The Morgan fingerprint density at radius 3 is 2.45 bits per heavy atom. The Morgan fingerprint density at radius 1 is 1.27 bits per heavy atom. The molecule has 1 aromatic rings. The standard InChI is InChI=1S/C9H7IO/c10-9(6-7-11)8-4-2-1-3-5-8/h1-7H. The summed E-state index contributed by atoms with van der Waals surface area (Å²) in [5.41, 5.74) is 1.08. The molecule has 0 aliphatic rings.